The van der Waals surface area contributed by atoms with E-state index in [1.165, 1.54) is 6.92 Å². The van der Waals surface area contributed by atoms with Crippen LogP contribution in [0.15, 0.2) is 0 Å². The molecule has 10 fully saturated rings. The summed E-state index contributed by atoms with van der Waals surface area (Å²) in [5.41, 5.74) is -0.582. The molecule has 76 heavy (non-hydrogen) atoms. The molecule has 10 rings (SSSR count). The molecule has 32 atom stereocenters. The van der Waals surface area contributed by atoms with Crippen molar-refractivity contribution in [2.45, 2.75) is 233 Å². The molecule has 6 saturated heterocycles. The molecule has 0 aromatic carbocycles. The van der Waals surface area contributed by atoms with E-state index in [1.807, 2.05) is 0 Å². The highest BCUT2D eigenvalue weighted by Crippen LogP contribution is 2.71. The molecule has 4 saturated carbocycles. The van der Waals surface area contributed by atoms with E-state index in [1.54, 1.807) is 0 Å². The topological polar surface area (TPSA) is 364 Å². The fourth-order valence-corrected chi connectivity index (χ4v) is 16.5. The zero-order valence-electron chi connectivity index (χ0n) is 44.0. The number of carbonyl (C=O) groups is 1. The van der Waals surface area contributed by atoms with Gasteiger partial charge in [0, 0.05) is 19.4 Å². The molecule has 24 heteroatoms. The van der Waals surface area contributed by atoms with Crippen molar-refractivity contribution in [1.82, 2.24) is 5.32 Å². The minimum Gasteiger partial charge on any atom is -0.458 e. The molecular formula is C52H85NO23. The molecule has 24 nitrogen and oxygen atoms in total. The van der Waals surface area contributed by atoms with E-state index in [0.29, 0.717) is 48.3 Å². The van der Waals surface area contributed by atoms with Crippen LogP contribution in [0.3, 0.4) is 0 Å². The summed E-state index contributed by atoms with van der Waals surface area (Å²) in [7, 11) is 0. The third-order valence-corrected chi connectivity index (χ3v) is 20.5. The molecule has 0 unspecified atom stereocenters. The number of carbonyl (C=O) groups excluding carboxylic acids is 1. The SMILES string of the molecule is CC(=O)O[C@@H]1C[C@H](C)CN[C@]12O[C@H]1C[C@H]3[C@@H]4CC[C@H]5C[C@@H](O[C@@H]6O[C@H](CO)[C@H](O[C@@H]7O[C@H](CO)[C@@H](O)[C@H](O[C@@H]8OC[C@@H](O)[C@H](O)[C@H]8O)[C@H]7O[C@@H]7O[C@H](CO)[C@@H](O)[C@H](O)[C@H]7O)[C@H](O)[C@H]6O)CC[C@]5(C)[C@H]4CC[C@]3(C)[C@H]1[C@@H]2C. The standard InChI is InChI=1S/C52H85NO23/c1-20-12-33(68-22(3)57)52(53-15-20)21(2)34-29(76-52)14-27-25-7-6-23-13-24(8-10-50(23,4)26(25)9-11-51(27,34)5)69-47-42(66)39(63)43(32(18-56)72-47)73-49-45(75-48-41(65)38(62)36(60)30(16-54)70-48)44(37(61)31(17-55)71-49)74-46-40(64)35(59)28(58)19-67-46/h20-21,23-49,53-56,58-66H,6-19H2,1-5H3/t20-,21-,23-,24-,25+,26-,27-,28+,29-,30+,31+,32+,33+,34-,35-,36+,37+,38-,39+,40+,41+,42+,43-,44-,45+,46-,47+,48-,49-,50-,51-,52+/m0/s1. The molecule has 13 N–H and O–H groups in total. The van der Waals surface area contributed by atoms with Crippen molar-refractivity contribution in [2.24, 2.45) is 52.3 Å². The molecule has 0 amide bonds. The lowest BCUT2D eigenvalue weighted by Crippen LogP contribution is -2.68. The first-order chi connectivity index (χ1) is 36.1. The quantitative estimate of drug-likeness (QED) is 0.0678. The molecule has 0 aromatic heterocycles. The number of fused-ring (bicyclic) bond motifs is 7. The van der Waals surface area contributed by atoms with Gasteiger partial charge in [0.1, 0.15) is 97.7 Å². The van der Waals surface area contributed by atoms with Crippen LogP contribution in [0.4, 0.5) is 0 Å². The van der Waals surface area contributed by atoms with E-state index in [9.17, 15) is 66.1 Å². The largest absolute Gasteiger partial charge is 0.458 e. The van der Waals surface area contributed by atoms with Gasteiger partial charge in [0.05, 0.1) is 38.6 Å². The van der Waals surface area contributed by atoms with Gasteiger partial charge in [-0.05, 0) is 104 Å². The molecule has 0 radical (unpaired) electrons. The third-order valence-electron chi connectivity index (χ3n) is 20.5. The van der Waals surface area contributed by atoms with Gasteiger partial charge in [0.25, 0.3) is 0 Å². The minimum atomic E-state index is -2.01. The number of ether oxygens (including phenoxy) is 10. The number of hydrogen-bond donors (Lipinski definition) is 13. The predicted octanol–water partition coefficient (Wildman–Crippen LogP) is -3.16. The maximum Gasteiger partial charge on any atom is 0.303 e. The Morgan fingerprint density at radius 2 is 1.22 bits per heavy atom. The maximum absolute atomic E-state index is 12.3. The second-order valence-electron chi connectivity index (χ2n) is 24.7. The fraction of sp³-hybridized carbons (Fsp3) is 0.981. The number of aliphatic hydroxyl groups excluding tert-OH is 12. The van der Waals surface area contributed by atoms with Gasteiger partial charge in [0.15, 0.2) is 30.9 Å². The van der Waals surface area contributed by atoms with Gasteiger partial charge in [-0.2, -0.15) is 0 Å². The number of esters is 1. The summed E-state index contributed by atoms with van der Waals surface area (Å²) in [6, 6.07) is 0. The van der Waals surface area contributed by atoms with Crippen LogP contribution in [0.25, 0.3) is 0 Å². The molecule has 10 aliphatic rings. The Hall–Kier alpha value is -1.41. The van der Waals surface area contributed by atoms with Crippen molar-refractivity contribution in [3.05, 3.63) is 0 Å². The zero-order valence-corrected chi connectivity index (χ0v) is 44.0. The summed E-state index contributed by atoms with van der Waals surface area (Å²) in [6.07, 6.45) is -25.5. The Balaban J connectivity index is 0.809. The summed E-state index contributed by atoms with van der Waals surface area (Å²) in [5.74, 6) is 2.40. The Bertz CT molecular complexity index is 1990. The summed E-state index contributed by atoms with van der Waals surface area (Å²) >= 11 is 0. The van der Waals surface area contributed by atoms with Gasteiger partial charge < -0.3 is 109 Å². The van der Waals surface area contributed by atoms with E-state index in [-0.39, 0.29) is 41.0 Å². The molecule has 6 aliphatic heterocycles. The highest BCUT2D eigenvalue weighted by atomic mass is 16.8. The van der Waals surface area contributed by atoms with Crippen LogP contribution >= 0.6 is 0 Å². The van der Waals surface area contributed by atoms with Crippen molar-refractivity contribution in [3.63, 3.8) is 0 Å². The first-order valence-electron chi connectivity index (χ1n) is 27.8. The van der Waals surface area contributed by atoms with Crippen LogP contribution < -0.4 is 5.32 Å². The van der Waals surface area contributed by atoms with Crippen LogP contribution in [0.5, 0.6) is 0 Å². The molecule has 0 bridgehead atoms. The van der Waals surface area contributed by atoms with E-state index in [4.69, 9.17) is 47.4 Å². The maximum atomic E-state index is 12.3. The smallest absolute Gasteiger partial charge is 0.303 e. The Morgan fingerprint density at radius 3 is 1.93 bits per heavy atom. The molecule has 4 aliphatic carbocycles. The second kappa shape index (κ2) is 22.4. The van der Waals surface area contributed by atoms with Crippen molar-refractivity contribution < 1.29 is 113 Å². The Kier molecular flexibility index (Phi) is 17.0. The predicted molar refractivity (Wildman–Crippen MR) is 255 cm³/mol. The van der Waals surface area contributed by atoms with Crippen LogP contribution in [-0.4, -0.2) is 241 Å². The number of piperidine rings is 1. The van der Waals surface area contributed by atoms with E-state index in [2.05, 4.69) is 33.0 Å². The molecule has 436 valence electrons. The van der Waals surface area contributed by atoms with Crippen LogP contribution in [0.2, 0.25) is 0 Å². The summed E-state index contributed by atoms with van der Waals surface area (Å²) in [5, 5.41) is 133. The van der Waals surface area contributed by atoms with E-state index in [0.717, 1.165) is 51.5 Å². The average molecular weight is 1090 g/mol. The minimum absolute atomic E-state index is 0.0349. The van der Waals surface area contributed by atoms with Gasteiger partial charge in [-0.3, -0.25) is 10.1 Å². The average Bonchev–Trinajstić information content (AvgIpc) is 4.05. The Labute approximate surface area is 442 Å². The third kappa shape index (κ3) is 9.93. The highest BCUT2D eigenvalue weighted by molar-refractivity contribution is 5.66. The molecule has 0 aromatic rings. The molecule has 6 heterocycles. The van der Waals surface area contributed by atoms with E-state index < -0.39 is 149 Å². The zero-order chi connectivity index (χ0) is 54.5. The van der Waals surface area contributed by atoms with Crippen LogP contribution in [0, 0.1) is 52.3 Å². The van der Waals surface area contributed by atoms with E-state index >= 15 is 0 Å². The van der Waals surface area contributed by atoms with Gasteiger partial charge in [-0.15, -0.1) is 0 Å². The first-order valence-corrected chi connectivity index (χ1v) is 27.8. The lowest BCUT2D eigenvalue weighted by molar-refractivity contribution is -0.404. The summed E-state index contributed by atoms with van der Waals surface area (Å²) < 4.78 is 61.0. The normalized spacial score (nSPS) is 56.3. The summed E-state index contributed by atoms with van der Waals surface area (Å²) in [6.45, 7) is 8.66. The lowest BCUT2D eigenvalue weighted by Gasteiger charge is -2.61. The van der Waals surface area contributed by atoms with Crippen molar-refractivity contribution in [3.8, 4) is 0 Å². The van der Waals surface area contributed by atoms with Gasteiger partial charge >= 0.3 is 5.97 Å². The van der Waals surface area contributed by atoms with Crippen molar-refractivity contribution in [2.75, 3.05) is 33.0 Å². The van der Waals surface area contributed by atoms with Crippen molar-refractivity contribution >= 4 is 5.97 Å². The highest BCUT2D eigenvalue weighted by Gasteiger charge is 2.71. The van der Waals surface area contributed by atoms with Crippen LogP contribution in [0.1, 0.15) is 92.4 Å². The number of hydrogen-bond acceptors (Lipinski definition) is 24. The second-order valence-corrected chi connectivity index (χ2v) is 24.7. The fourth-order valence-electron chi connectivity index (χ4n) is 16.5. The number of aliphatic hydroxyl groups is 12. The lowest BCUT2D eigenvalue weighted by atomic mass is 9.44. The van der Waals surface area contributed by atoms with Gasteiger partial charge in [0.2, 0.25) is 0 Å². The first kappa shape index (κ1) is 57.8. The number of nitrogens with one attached hydrogen (secondary N) is 1. The van der Waals surface area contributed by atoms with Gasteiger partial charge in [-0.1, -0.05) is 27.7 Å². The molecule has 1 spiro atoms. The molecular weight excluding hydrogens is 1010 g/mol. The Morgan fingerprint density at radius 1 is 0.605 bits per heavy atom. The van der Waals surface area contributed by atoms with Gasteiger partial charge in [-0.25, -0.2) is 0 Å². The van der Waals surface area contributed by atoms with Crippen molar-refractivity contribution in [1.29, 1.82) is 0 Å². The monoisotopic (exact) mass is 1090 g/mol. The summed E-state index contributed by atoms with van der Waals surface area (Å²) in [4.78, 5) is 12.3. The number of rotatable bonds is 12. The van der Waals surface area contributed by atoms with Crippen LogP contribution in [-0.2, 0) is 52.2 Å².